The number of likely N-dealkylation sites (N-methyl/N-ethyl adjacent to an activating group) is 2. The number of amides is 3. The average Bonchev–Trinajstić information content (AvgIpc) is 3.91. The van der Waals surface area contributed by atoms with Crippen LogP contribution in [0, 0.1) is 23.2 Å². The number of rotatable bonds is 13. The Balaban J connectivity index is 1.07. The molecule has 17 heteroatoms. The van der Waals surface area contributed by atoms with Gasteiger partial charge in [0.25, 0.3) is 11.8 Å². The number of hydrogen-bond donors (Lipinski definition) is 2. The molecule has 4 aliphatic heterocycles. The van der Waals surface area contributed by atoms with Crippen LogP contribution >= 0.6 is 11.3 Å². The number of hydrogen-bond acceptors (Lipinski definition) is 13. The SMILES string of the molecule is CCn1c(-c2cccnc2[C@H](C)OC)c2c3cc(ccc31)-c1csc(n1)C[C@H](NC(=O)[C@H](C(C)C)N(C)CN1CC(N(C)C(=O)C#CC(C)(C)N3CCC3)C1)C(=O)N1CCCC(C=O)(COCC(C)(C)C2)N1. The summed E-state index contributed by atoms with van der Waals surface area (Å²) in [5.74, 6) is 5.18. The highest BCUT2D eigenvalue weighted by Gasteiger charge is 2.42. The Kier molecular flexibility index (Phi) is 16.1. The lowest BCUT2D eigenvalue weighted by atomic mass is 9.84. The number of aldehydes is 1. The second-order valence-electron chi connectivity index (χ2n) is 22.2. The van der Waals surface area contributed by atoms with Crippen molar-refractivity contribution in [2.75, 3.05) is 73.8 Å². The number of methoxy groups -OCH3 is 1. The predicted molar refractivity (Wildman–Crippen MR) is 282 cm³/mol. The zero-order valence-corrected chi connectivity index (χ0v) is 45.2. The number of nitrogens with one attached hydrogen (secondary N) is 2. The second kappa shape index (κ2) is 21.8. The quantitative estimate of drug-likeness (QED) is 0.123. The van der Waals surface area contributed by atoms with Crippen LogP contribution in [0.5, 0.6) is 0 Å². The number of fused-ring (bicyclic) bond motifs is 6. The smallest absolute Gasteiger partial charge is 0.298 e. The standard InChI is InChI=1S/C55H76N10O6S/c1-12-64-45-18-17-38-26-41(45)42(50(64)40-16-13-22-56-48(40)37(4)70-11)28-53(5,6)33-71-34-55(32-66)20-14-25-65(59-55)52(69)43(27-46-57-44(38)31-72-46)58-51(68)49(36(2)3)60(9)35-62-29-39(30-62)61(10)47(67)19-21-54(7,8)63-23-15-24-63/h13,16-18,22,26,31-32,36-37,39,43,49,59H,12,14-15,20,23-25,27-30,33-35H2,1-11H3,(H,58,68)/t37-,43-,49-,55?/m0/s1. The molecule has 3 amide bonds. The first kappa shape index (κ1) is 53.2. The Morgan fingerprint density at radius 2 is 1.88 bits per heavy atom. The number of nitrogens with zero attached hydrogens (tertiary/aromatic N) is 8. The molecule has 1 aromatic carbocycles. The Morgan fingerprint density at radius 1 is 1.11 bits per heavy atom. The molecule has 0 saturated carbocycles. The second-order valence-corrected chi connectivity index (χ2v) is 23.1. The molecule has 4 aromatic rings. The lowest BCUT2D eigenvalue weighted by molar-refractivity contribution is -0.148. The first-order valence-electron chi connectivity index (χ1n) is 25.8. The average molecular weight is 1010 g/mol. The highest BCUT2D eigenvalue weighted by Crippen LogP contribution is 2.42. The minimum absolute atomic E-state index is 0.0166. The maximum atomic E-state index is 14.9. The van der Waals surface area contributed by atoms with E-state index in [9.17, 15) is 19.2 Å². The summed E-state index contributed by atoms with van der Waals surface area (Å²) in [5, 5.41) is 8.51. The van der Waals surface area contributed by atoms with Crippen molar-refractivity contribution in [1.82, 2.24) is 49.9 Å². The number of ether oxygens (including phenoxy) is 2. The molecule has 7 heterocycles. The van der Waals surface area contributed by atoms with E-state index in [0.29, 0.717) is 57.2 Å². The molecule has 3 fully saturated rings. The molecule has 2 N–H and O–H groups in total. The number of aryl methyl sites for hydroxylation is 1. The van der Waals surface area contributed by atoms with Crippen LogP contribution in [0.25, 0.3) is 33.4 Å². The van der Waals surface area contributed by atoms with Gasteiger partial charge in [0.2, 0.25) is 5.91 Å². The number of hydrazine groups is 1. The van der Waals surface area contributed by atoms with Gasteiger partial charge in [-0.05, 0) is 108 Å². The van der Waals surface area contributed by atoms with Crippen LogP contribution in [0.1, 0.15) is 97.0 Å². The molecule has 16 nitrogen and oxygen atoms in total. The van der Waals surface area contributed by atoms with Crippen molar-refractivity contribution >= 4 is 46.2 Å². The normalized spacial score (nSPS) is 22.1. The van der Waals surface area contributed by atoms with E-state index in [2.05, 4.69) is 95.8 Å². The maximum Gasteiger partial charge on any atom is 0.298 e. The molecule has 0 radical (unpaired) electrons. The largest absolute Gasteiger partial charge is 0.378 e. The van der Waals surface area contributed by atoms with Crippen LogP contribution in [-0.4, -0.2) is 166 Å². The Labute approximate surface area is 430 Å². The maximum absolute atomic E-state index is 14.9. The molecule has 72 heavy (non-hydrogen) atoms. The van der Waals surface area contributed by atoms with Gasteiger partial charge in [0, 0.05) is 93.5 Å². The molecule has 4 atom stereocenters. The van der Waals surface area contributed by atoms with Gasteiger partial charge in [-0.15, -0.1) is 11.3 Å². The number of likely N-dealkylation sites (tertiary alicyclic amines) is 2. The van der Waals surface area contributed by atoms with Crippen molar-refractivity contribution < 1.29 is 28.7 Å². The van der Waals surface area contributed by atoms with Crippen LogP contribution in [0.15, 0.2) is 41.9 Å². The zero-order valence-electron chi connectivity index (χ0n) is 44.3. The summed E-state index contributed by atoms with van der Waals surface area (Å²) >= 11 is 1.46. The molecule has 0 aliphatic carbocycles. The van der Waals surface area contributed by atoms with E-state index in [0.717, 1.165) is 71.5 Å². The van der Waals surface area contributed by atoms with Crippen LogP contribution in [0.4, 0.5) is 0 Å². The van der Waals surface area contributed by atoms with E-state index >= 15 is 0 Å². The van der Waals surface area contributed by atoms with E-state index < -0.39 is 17.6 Å². The molecule has 4 aliphatic rings. The monoisotopic (exact) mass is 1000 g/mol. The molecule has 6 bridgehead atoms. The van der Waals surface area contributed by atoms with E-state index in [1.54, 1.807) is 12.0 Å². The van der Waals surface area contributed by atoms with Crippen LogP contribution in [0.2, 0.25) is 0 Å². The van der Waals surface area contributed by atoms with Gasteiger partial charge in [-0.1, -0.05) is 39.7 Å². The van der Waals surface area contributed by atoms with Crippen molar-refractivity contribution in [3.8, 4) is 34.4 Å². The van der Waals surface area contributed by atoms with E-state index in [1.165, 1.54) is 21.9 Å². The molecule has 388 valence electrons. The van der Waals surface area contributed by atoms with Crippen molar-refractivity contribution in [2.45, 2.75) is 129 Å². The molecule has 3 aromatic heterocycles. The molecular formula is C55H76N10O6S. The first-order valence-corrected chi connectivity index (χ1v) is 26.6. The molecule has 8 rings (SSSR count). The topological polar surface area (TPSA) is 158 Å². The number of thiazole rings is 1. The van der Waals surface area contributed by atoms with Gasteiger partial charge in [-0.2, -0.15) is 0 Å². The summed E-state index contributed by atoms with van der Waals surface area (Å²) in [5.41, 5.74) is 8.37. The summed E-state index contributed by atoms with van der Waals surface area (Å²) < 4.78 is 14.8. The number of carbonyl (C=O) groups is 4. The molecule has 3 saturated heterocycles. The van der Waals surface area contributed by atoms with Gasteiger partial charge >= 0.3 is 0 Å². The minimum atomic E-state index is -1.15. The van der Waals surface area contributed by atoms with Gasteiger partial charge in [-0.25, -0.2) is 10.4 Å². The fraction of sp³-hybridized carbons (Fsp3) is 0.600. The van der Waals surface area contributed by atoms with Crippen LogP contribution in [0.3, 0.4) is 0 Å². The van der Waals surface area contributed by atoms with Crippen LogP contribution < -0.4 is 10.7 Å². The third-order valence-corrected chi connectivity index (χ3v) is 16.1. The summed E-state index contributed by atoms with van der Waals surface area (Å²) in [7, 11) is 5.44. The number of pyridine rings is 1. The minimum Gasteiger partial charge on any atom is -0.378 e. The summed E-state index contributed by atoms with van der Waals surface area (Å²) in [6.07, 6.45) is 5.47. The lowest BCUT2D eigenvalue weighted by Gasteiger charge is -2.46. The summed E-state index contributed by atoms with van der Waals surface area (Å²) in [6.45, 7) is 22.0. The number of aromatic nitrogens is 3. The summed E-state index contributed by atoms with van der Waals surface area (Å²) in [4.78, 5) is 74.0. The van der Waals surface area contributed by atoms with Gasteiger partial charge in [0.1, 0.15) is 17.9 Å². The third-order valence-electron chi connectivity index (χ3n) is 15.2. The van der Waals surface area contributed by atoms with Crippen molar-refractivity contribution in [2.24, 2.45) is 11.3 Å². The van der Waals surface area contributed by atoms with Crippen molar-refractivity contribution in [3.05, 3.63) is 58.2 Å². The Bertz CT molecular complexity index is 2690. The van der Waals surface area contributed by atoms with E-state index in [-0.39, 0.29) is 59.8 Å². The first-order chi connectivity index (χ1) is 34.3. The third kappa shape index (κ3) is 11.2. The Hall–Kier alpha value is -5.06. The predicted octanol–water partition coefficient (Wildman–Crippen LogP) is 5.79. The fourth-order valence-corrected chi connectivity index (χ4v) is 11.8. The van der Waals surface area contributed by atoms with Gasteiger partial charge < -0.3 is 29.1 Å². The Morgan fingerprint density at radius 3 is 2.56 bits per heavy atom. The number of benzene rings is 1. The van der Waals surface area contributed by atoms with Gasteiger partial charge in [0.05, 0.1) is 65.7 Å². The van der Waals surface area contributed by atoms with E-state index in [4.69, 9.17) is 19.4 Å². The van der Waals surface area contributed by atoms with Crippen molar-refractivity contribution in [3.63, 3.8) is 0 Å². The molecule has 1 unspecified atom stereocenters. The van der Waals surface area contributed by atoms with E-state index in [1.807, 2.05) is 57.4 Å². The van der Waals surface area contributed by atoms with Gasteiger partial charge in [0.15, 0.2) is 0 Å². The zero-order chi connectivity index (χ0) is 51.7. The highest BCUT2D eigenvalue weighted by atomic mass is 32.1. The number of carbonyl (C=O) groups excluding carboxylic acids is 4. The molecule has 0 spiro atoms. The lowest BCUT2D eigenvalue weighted by Crippen LogP contribution is -2.67. The fourth-order valence-electron chi connectivity index (χ4n) is 10.9. The van der Waals surface area contributed by atoms with Gasteiger partial charge in [-0.3, -0.25) is 39.1 Å². The summed E-state index contributed by atoms with van der Waals surface area (Å²) in [6, 6.07) is 9.07. The van der Waals surface area contributed by atoms with Crippen molar-refractivity contribution in [1.29, 1.82) is 0 Å². The highest BCUT2D eigenvalue weighted by molar-refractivity contribution is 7.10. The molecular weight excluding hydrogens is 929 g/mol. The van der Waals surface area contributed by atoms with Crippen LogP contribution in [-0.2, 0) is 48.0 Å².